The summed E-state index contributed by atoms with van der Waals surface area (Å²) >= 11 is 0. The summed E-state index contributed by atoms with van der Waals surface area (Å²) in [7, 11) is 0. The average molecular weight is 228 g/mol. The van der Waals surface area contributed by atoms with Gasteiger partial charge in [-0.25, -0.2) is 0 Å². The number of rotatable bonds is 6. The van der Waals surface area contributed by atoms with Gasteiger partial charge in [0.25, 0.3) is 0 Å². The predicted molar refractivity (Wildman–Crippen MR) is 75.9 cm³/mol. The minimum Gasteiger partial charge on any atom is -0.0985 e. The van der Waals surface area contributed by atoms with Gasteiger partial charge < -0.3 is 0 Å². The van der Waals surface area contributed by atoms with Crippen molar-refractivity contribution in [3.05, 3.63) is 47.6 Å². The van der Waals surface area contributed by atoms with Crippen LogP contribution in [0, 0.1) is 5.92 Å². The highest BCUT2D eigenvalue weighted by Crippen LogP contribution is 2.44. The topological polar surface area (TPSA) is 0 Å². The van der Waals surface area contributed by atoms with Gasteiger partial charge >= 0.3 is 0 Å². The van der Waals surface area contributed by atoms with E-state index in [0.29, 0.717) is 0 Å². The molecule has 0 spiro atoms. The van der Waals surface area contributed by atoms with E-state index in [0.717, 1.165) is 5.92 Å². The molecule has 2 aliphatic carbocycles. The molecule has 17 heavy (non-hydrogen) atoms. The van der Waals surface area contributed by atoms with Gasteiger partial charge in [0.15, 0.2) is 0 Å². The number of hydrogen-bond donors (Lipinski definition) is 0. The van der Waals surface area contributed by atoms with E-state index in [9.17, 15) is 0 Å². The molecule has 92 valence electrons. The van der Waals surface area contributed by atoms with E-state index in [-0.39, 0.29) is 0 Å². The van der Waals surface area contributed by atoms with E-state index in [1.807, 2.05) is 6.08 Å². The maximum atomic E-state index is 3.92. The Kier molecular flexibility index (Phi) is 4.42. The fourth-order valence-electron chi connectivity index (χ4n) is 2.93. The summed E-state index contributed by atoms with van der Waals surface area (Å²) < 4.78 is 0. The monoisotopic (exact) mass is 228 g/mol. The van der Waals surface area contributed by atoms with Gasteiger partial charge in [-0.05, 0) is 49.2 Å². The van der Waals surface area contributed by atoms with E-state index in [2.05, 4.69) is 31.7 Å². The van der Waals surface area contributed by atoms with Gasteiger partial charge in [-0.2, -0.15) is 0 Å². The van der Waals surface area contributed by atoms with Crippen LogP contribution >= 0.6 is 0 Å². The highest BCUT2D eigenvalue weighted by Gasteiger charge is 2.28. The molecule has 1 unspecified atom stereocenters. The van der Waals surface area contributed by atoms with Gasteiger partial charge in [-0.15, -0.1) is 0 Å². The molecule has 0 radical (unpaired) electrons. The normalized spacial score (nSPS) is 24.1. The molecule has 1 saturated carbocycles. The zero-order chi connectivity index (χ0) is 12.1. The van der Waals surface area contributed by atoms with Crippen molar-refractivity contribution in [1.82, 2.24) is 0 Å². The Morgan fingerprint density at radius 2 is 2.29 bits per heavy atom. The van der Waals surface area contributed by atoms with E-state index in [1.54, 1.807) is 11.1 Å². The minimum absolute atomic E-state index is 0.964. The quantitative estimate of drug-likeness (QED) is 0.425. The molecular formula is C17H24. The van der Waals surface area contributed by atoms with Crippen LogP contribution in [0.3, 0.4) is 0 Å². The second-order valence-electron chi connectivity index (χ2n) is 5.33. The maximum Gasteiger partial charge on any atom is -0.0247 e. The van der Waals surface area contributed by atoms with Crippen LogP contribution in [-0.2, 0) is 0 Å². The minimum atomic E-state index is 0.964. The molecule has 0 aromatic rings. The summed E-state index contributed by atoms with van der Waals surface area (Å²) in [5.41, 5.74) is 4.61. The first kappa shape index (κ1) is 12.4. The Labute approximate surface area is 106 Å². The largest absolute Gasteiger partial charge is 0.0985 e. The van der Waals surface area contributed by atoms with Crippen LogP contribution in [0.25, 0.3) is 0 Å². The molecule has 0 nitrogen and oxygen atoms in total. The highest BCUT2D eigenvalue weighted by molar-refractivity contribution is 5.42. The average Bonchev–Trinajstić information content (AvgIpc) is 2.95. The molecular weight excluding hydrogens is 204 g/mol. The SMILES string of the molecule is C=CC(C=CCCCC)=CC1=C2CCC(C1)C2. The summed E-state index contributed by atoms with van der Waals surface area (Å²) in [5.74, 6) is 0.964. The molecule has 0 heterocycles. The molecule has 0 aromatic carbocycles. The lowest BCUT2D eigenvalue weighted by Gasteiger charge is -2.08. The van der Waals surface area contributed by atoms with Crippen LogP contribution in [0.1, 0.15) is 51.9 Å². The molecule has 1 fully saturated rings. The molecule has 0 aromatic heterocycles. The van der Waals surface area contributed by atoms with Gasteiger partial charge in [0, 0.05) is 0 Å². The highest BCUT2D eigenvalue weighted by atomic mass is 14.3. The smallest absolute Gasteiger partial charge is 0.0247 e. The number of unbranched alkanes of at least 4 members (excludes halogenated alkanes) is 2. The van der Waals surface area contributed by atoms with Crippen LogP contribution in [0.4, 0.5) is 0 Å². The van der Waals surface area contributed by atoms with E-state index >= 15 is 0 Å². The number of fused-ring (bicyclic) bond motifs is 2. The fraction of sp³-hybridized carbons (Fsp3) is 0.529. The molecule has 0 amide bonds. The second kappa shape index (κ2) is 6.05. The van der Waals surface area contributed by atoms with Gasteiger partial charge in [-0.1, -0.05) is 56.2 Å². The van der Waals surface area contributed by atoms with Gasteiger partial charge in [-0.3, -0.25) is 0 Å². The third-order valence-corrected chi connectivity index (χ3v) is 3.96. The van der Waals surface area contributed by atoms with Crippen LogP contribution < -0.4 is 0 Å². The Hall–Kier alpha value is -1.04. The van der Waals surface area contributed by atoms with Crippen molar-refractivity contribution in [1.29, 1.82) is 0 Å². The van der Waals surface area contributed by atoms with Crippen molar-refractivity contribution < 1.29 is 0 Å². The maximum absolute atomic E-state index is 3.92. The lowest BCUT2D eigenvalue weighted by molar-refractivity contribution is 0.567. The molecule has 2 bridgehead atoms. The number of hydrogen-bond acceptors (Lipinski definition) is 0. The summed E-state index contributed by atoms with van der Waals surface area (Å²) in [6.07, 6.45) is 18.1. The molecule has 2 aliphatic rings. The second-order valence-corrected chi connectivity index (χ2v) is 5.33. The lowest BCUT2D eigenvalue weighted by Crippen LogP contribution is -1.92. The first-order valence-corrected chi connectivity index (χ1v) is 7.05. The van der Waals surface area contributed by atoms with Crippen molar-refractivity contribution in [2.45, 2.75) is 51.9 Å². The van der Waals surface area contributed by atoms with E-state index in [1.165, 1.54) is 50.5 Å². The summed E-state index contributed by atoms with van der Waals surface area (Å²) in [4.78, 5) is 0. The zero-order valence-corrected chi connectivity index (χ0v) is 11.0. The van der Waals surface area contributed by atoms with Crippen molar-refractivity contribution >= 4 is 0 Å². The Balaban J connectivity index is 1.98. The summed E-state index contributed by atoms with van der Waals surface area (Å²) in [5, 5.41) is 0. The van der Waals surface area contributed by atoms with Gasteiger partial charge in [0.1, 0.15) is 0 Å². The van der Waals surface area contributed by atoms with E-state index in [4.69, 9.17) is 0 Å². The van der Waals surface area contributed by atoms with Crippen LogP contribution in [0.15, 0.2) is 47.6 Å². The molecule has 0 saturated heterocycles. The van der Waals surface area contributed by atoms with E-state index < -0.39 is 0 Å². The fourth-order valence-corrected chi connectivity index (χ4v) is 2.93. The third kappa shape index (κ3) is 3.21. The Morgan fingerprint density at radius 1 is 1.41 bits per heavy atom. The summed E-state index contributed by atoms with van der Waals surface area (Å²) in [6, 6.07) is 0. The van der Waals surface area contributed by atoms with Crippen molar-refractivity contribution in [3.8, 4) is 0 Å². The van der Waals surface area contributed by atoms with Crippen LogP contribution in [-0.4, -0.2) is 0 Å². The molecule has 0 N–H and O–H groups in total. The van der Waals surface area contributed by atoms with Gasteiger partial charge in [0.2, 0.25) is 0 Å². The summed E-state index contributed by atoms with van der Waals surface area (Å²) in [6.45, 7) is 6.16. The zero-order valence-electron chi connectivity index (χ0n) is 11.0. The van der Waals surface area contributed by atoms with Crippen LogP contribution in [0.2, 0.25) is 0 Å². The van der Waals surface area contributed by atoms with Crippen molar-refractivity contribution in [2.75, 3.05) is 0 Å². The van der Waals surface area contributed by atoms with Crippen molar-refractivity contribution in [2.24, 2.45) is 5.92 Å². The standard InChI is InChI=1S/C17H24/c1-3-5-6-7-8-14(4-2)11-17-13-15-9-10-16(17)12-15/h4,7-8,11,15H,2-3,5-6,9-10,12-13H2,1H3. The molecule has 2 rings (SSSR count). The Morgan fingerprint density at radius 3 is 2.88 bits per heavy atom. The van der Waals surface area contributed by atoms with Crippen molar-refractivity contribution in [3.63, 3.8) is 0 Å². The molecule has 0 aliphatic heterocycles. The first-order chi connectivity index (χ1) is 8.33. The predicted octanol–water partition coefficient (Wildman–Crippen LogP) is 5.35. The van der Waals surface area contributed by atoms with Crippen LogP contribution in [0.5, 0.6) is 0 Å². The first-order valence-electron chi connectivity index (χ1n) is 7.05. The molecule has 0 heteroatoms. The lowest BCUT2D eigenvalue weighted by atomic mass is 9.97. The third-order valence-electron chi connectivity index (χ3n) is 3.96. The molecule has 1 atom stereocenters. The Bertz CT molecular complexity index is 365. The van der Waals surface area contributed by atoms with Gasteiger partial charge in [0.05, 0.1) is 0 Å². The number of allylic oxidation sites excluding steroid dienone is 7.